The van der Waals surface area contributed by atoms with E-state index >= 15 is 0 Å². The maximum Gasteiger partial charge on any atom is 0.416 e. The van der Waals surface area contributed by atoms with Crippen molar-refractivity contribution >= 4 is 27.5 Å². The SMILES string of the molecule is CN1CCN(C(=O)CC2(COc3ccc(Cl)cc3)CCCN(S(=O)(=O)c3cccc(C(F)(F)F)c3)C2)CC1. The molecule has 38 heavy (non-hydrogen) atoms. The van der Waals surface area contributed by atoms with Gasteiger partial charge in [0.05, 0.1) is 17.1 Å². The summed E-state index contributed by atoms with van der Waals surface area (Å²) in [5.41, 5.74) is -1.88. The summed E-state index contributed by atoms with van der Waals surface area (Å²) in [5, 5.41) is 0.535. The molecular weight excluding hydrogens is 543 g/mol. The van der Waals surface area contributed by atoms with Crippen LogP contribution in [0.15, 0.2) is 53.4 Å². The monoisotopic (exact) mass is 573 g/mol. The molecule has 1 amide bonds. The van der Waals surface area contributed by atoms with Gasteiger partial charge in [-0.15, -0.1) is 0 Å². The first-order valence-electron chi connectivity index (χ1n) is 12.4. The number of alkyl halides is 3. The Balaban J connectivity index is 1.59. The van der Waals surface area contributed by atoms with Crippen molar-refractivity contribution in [3.05, 3.63) is 59.1 Å². The highest BCUT2D eigenvalue weighted by Crippen LogP contribution is 2.38. The van der Waals surface area contributed by atoms with E-state index in [0.29, 0.717) is 42.8 Å². The van der Waals surface area contributed by atoms with Gasteiger partial charge in [0.2, 0.25) is 15.9 Å². The fraction of sp³-hybridized carbons (Fsp3) is 0.500. The van der Waals surface area contributed by atoms with Crippen LogP contribution in [0.4, 0.5) is 13.2 Å². The molecule has 0 bridgehead atoms. The third-order valence-corrected chi connectivity index (χ3v) is 9.26. The lowest BCUT2D eigenvalue weighted by molar-refractivity contribution is -0.138. The maximum atomic E-state index is 13.5. The van der Waals surface area contributed by atoms with Gasteiger partial charge in [-0.05, 0) is 62.4 Å². The van der Waals surface area contributed by atoms with Gasteiger partial charge in [-0.2, -0.15) is 17.5 Å². The van der Waals surface area contributed by atoms with Crippen molar-refractivity contribution < 1.29 is 31.1 Å². The van der Waals surface area contributed by atoms with Gasteiger partial charge in [0.1, 0.15) is 5.75 Å². The van der Waals surface area contributed by atoms with E-state index in [2.05, 4.69) is 4.90 Å². The highest BCUT2D eigenvalue weighted by atomic mass is 35.5. The zero-order valence-corrected chi connectivity index (χ0v) is 22.7. The molecule has 2 heterocycles. The summed E-state index contributed by atoms with van der Waals surface area (Å²) in [4.78, 5) is 16.8. The Hall–Kier alpha value is -2.34. The lowest BCUT2D eigenvalue weighted by atomic mass is 9.78. The van der Waals surface area contributed by atoms with E-state index in [9.17, 15) is 26.4 Å². The van der Waals surface area contributed by atoms with Crippen LogP contribution in [0.2, 0.25) is 5.02 Å². The summed E-state index contributed by atoms with van der Waals surface area (Å²) in [7, 11) is -2.26. The number of amides is 1. The molecule has 2 aromatic rings. The lowest BCUT2D eigenvalue weighted by Gasteiger charge is -2.43. The Labute approximate surface area is 226 Å². The van der Waals surface area contributed by atoms with E-state index in [1.807, 2.05) is 7.05 Å². The largest absolute Gasteiger partial charge is 0.493 e. The standard InChI is InChI=1S/C26H31ClF3N3O4S/c1-31-12-14-32(15-13-31)24(34)17-25(19-37-22-8-6-21(27)7-9-22)10-3-11-33(18-25)38(35,36)23-5-2-4-20(16-23)26(28,29)30/h2,4-9,16H,3,10-15,17-19H2,1H3. The van der Waals surface area contributed by atoms with Crippen molar-refractivity contribution in [2.45, 2.75) is 30.3 Å². The highest BCUT2D eigenvalue weighted by molar-refractivity contribution is 7.89. The molecule has 2 aliphatic rings. The number of piperidine rings is 1. The molecule has 0 radical (unpaired) electrons. The van der Waals surface area contributed by atoms with Crippen LogP contribution in [0, 0.1) is 5.41 Å². The number of sulfonamides is 1. The van der Waals surface area contributed by atoms with Crippen molar-refractivity contribution in [3.8, 4) is 5.75 Å². The van der Waals surface area contributed by atoms with E-state index < -0.39 is 32.1 Å². The number of nitrogens with zero attached hydrogens (tertiary/aromatic N) is 3. The molecule has 1 atom stereocenters. The predicted octanol–water partition coefficient (Wildman–Crippen LogP) is 4.37. The lowest BCUT2D eigenvalue weighted by Crippen LogP contribution is -2.53. The van der Waals surface area contributed by atoms with Gasteiger partial charge in [0, 0.05) is 56.1 Å². The second-order valence-corrected chi connectivity index (χ2v) is 12.4. The summed E-state index contributed by atoms with van der Waals surface area (Å²) >= 11 is 5.97. The number of rotatable bonds is 7. The molecule has 0 N–H and O–H groups in total. The van der Waals surface area contributed by atoms with Crippen LogP contribution in [0.1, 0.15) is 24.8 Å². The van der Waals surface area contributed by atoms with Crippen LogP contribution in [0.5, 0.6) is 5.75 Å². The first-order chi connectivity index (χ1) is 17.9. The summed E-state index contributed by atoms with van der Waals surface area (Å²) in [5.74, 6) is 0.440. The van der Waals surface area contributed by atoms with E-state index in [4.69, 9.17) is 16.3 Å². The minimum Gasteiger partial charge on any atom is -0.493 e. The first-order valence-corrected chi connectivity index (χ1v) is 14.2. The van der Waals surface area contributed by atoms with E-state index in [-0.39, 0.29) is 32.0 Å². The number of ether oxygens (including phenoxy) is 1. The smallest absolute Gasteiger partial charge is 0.416 e. The summed E-state index contributed by atoms with van der Waals surface area (Å²) < 4.78 is 74.0. The molecule has 12 heteroatoms. The zero-order chi connectivity index (χ0) is 27.6. The Morgan fingerprint density at radius 2 is 1.74 bits per heavy atom. The molecule has 0 spiro atoms. The summed E-state index contributed by atoms with van der Waals surface area (Å²) in [6, 6.07) is 10.5. The number of halogens is 4. The average molecular weight is 574 g/mol. The van der Waals surface area contributed by atoms with Gasteiger partial charge >= 0.3 is 6.18 Å². The average Bonchev–Trinajstić information content (AvgIpc) is 2.88. The minimum absolute atomic E-state index is 0.0430. The Morgan fingerprint density at radius 1 is 1.05 bits per heavy atom. The molecule has 0 saturated carbocycles. The van der Waals surface area contributed by atoms with Crippen molar-refractivity contribution in [2.75, 3.05) is 52.9 Å². The van der Waals surface area contributed by atoms with E-state index in [1.165, 1.54) is 10.4 Å². The van der Waals surface area contributed by atoms with Gasteiger partial charge < -0.3 is 14.5 Å². The molecule has 0 aliphatic carbocycles. The third kappa shape index (κ3) is 6.80. The second-order valence-electron chi connectivity index (χ2n) is 10.1. The summed E-state index contributed by atoms with van der Waals surface area (Å²) in [6.07, 6.45) is -3.62. The topological polar surface area (TPSA) is 70.2 Å². The number of likely N-dealkylation sites (N-methyl/N-ethyl adjacent to an activating group) is 1. The third-order valence-electron chi connectivity index (χ3n) is 7.17. The maximum absolute atomic E-state index is 13.5. The molecule has 2 aliphatic heterocycles. The molecule has 2 fully saturated rings. The Bertz CT molecular complexity index is 1240. The molecule has 2 saturated heterocycles. The fourth-order valence-corrected chi connectivity index (χ4v) is 6.68. The normalized spacial score (nSPS) is 21.9. The van der Waals surface area contributed by atoms with Crippen molar-refractivity contribution in [2.24, 2.45) is 5.41 Å². The fourth-order valence-electron chi connectivity index (χ4n) is 4.92. The number of benzene rings is 2. The zero-order valence-electron chi connectivity index (χ0n) is 21.1. The number of hydrogen-bond donors (Lipinski definition) is 0. The Morgan fingerprint density at radius 3 is 2.39 bits per heavy atom. The number of piperazine rings is 1. The number of carbonyl (C=O) groups is 1. The van der Waals surface area contributed by atoms with Crippen molar-refractivity contribution in [1.82, 2.24) is 14.1 Å². The first kappa shape index (κ1) is 28.7. The predicted molar refractivity (Wildman–Crippen MR) is 138 cm³/mol. The van der Waals surface area contributed by atoms with E-state index in [0.717, 1.165) is 25.2 Å². The van der Waals surface area contributed by atoms with Crippen LogP contribution in [0.3, 0.4) is 0 Å². The summed E-state index contributed by atoms with van der Waals surface area (Å²) in [6.45, 7) is 2.82. The van der Waals surface area contributed by atoms with Crippen molar-refractivity contribution in [3.63, 3.8) is 0 Å². The highest BCUT2D eigenvalue weighted by Gasteiger charge is 2.43. The van der Waals surface area contributed by atoms with Gasteiger partial charge in [0.25, 0.3) is 0 Å². The molecular formula is C26H31ClF3N3O4S. The van der Waals surface area contributed by atoms with Crippen LogP contribution < -0.4 is 4.74 Å². The van der Waals surface area contributed by atoms with Gasteiger partial charge in [0.15, 0.2) is 0 Å². The van der Waals surface area contributed by atoms with E-state index in [1.54, 1.807) is 29.2 Å². The van der Waals surface area contributed by atoms with Gasteiger partial charge in [-0.3, -0.25) is 4.79 Å². The molecule has 0 aromatic heterocycles. The van der Waals surface area contributed by atoms with Crippen LogP contribution in [-0.4, -0.2) is 81.4 Å². The van der Waals surface area contributed by atoms with Crippen LogP contribution in [-0.2, 0) is 21.0 Å². The van der Waals surface area contributed by atoms with Crippen LogP contribution in [0.25, 0.3) is 0 Å². The van der Waals surface area contributed by atoms with Crippen molar-refractivity contribution in [1.29, 1.82) is 0 Å². The molecule has 7 nitrogen and oxygen atoms in total. The number of carbonyl (C=O) groups excluding carboxylic acids is 1. The molecule has 208 valence electrons. The quantitative estimate of drug-likeness (QED) is 0.492. The minimum atomic E-state index is -4.67. The van der Waals surface area contributed by atoms with Gasteiger partial charge in [-0.25, -0.2) is 8.42 Å². The number of hydrogen-bond acceptors (Lipinski definition) is 5. The Kier molecular flexibility index (Phi) is 8.61. The molecule has 4 rings (SSSR count). The molecule has 2 aromatic carbocycles. The van der Waals surface area contributed by atoms with Crippen LogP contribution >= 0.6 is 11.6 Å². The molecule has 1 unspecified atom stereocenters. The van der Waals surface area contributed by atoms with Gasteiger partial charge in [-0.1, -0.05) is 17.7 Å². The second kappa shape index (κ2) is 11.4.